The van der Waals surface area contributed by atoms with Crippen LogP contribution in [0.15, 0.2) is 24.3 Å². The first-order valence-electron chi connectivity index (χ1n) is 5.31. The molecule has 2 nitrogen and oxygen atoms in total. The molecule has 0 atom stereocenters. The normalized spacial score (nSPS) is 11.3. The molecule has 0 bridgehead atoms. The van der Waals surface area contributed by atoms with E-state index in [1.165, 1.54) is 12.1 Å². The predicted molar refractivity (Wildman–Crippen MR) is 64.1 cm³/mol. The van der Waals surface area contributed by atoms with Gasteiger partial charge >= 0.3 is 0 Å². The van der Waals surface area contributed by atoms with Gasteiger partial charge in [0.25, 0.3) is 0 Å². The van der Waals surface area contributed by atoms with Crippen molar-refractivity contribution in [3.63, 3.8) is 0 Å². The summed E-state index contributed by atoms with van der Waals surface area (Å²) in [4.78, 5) is 13.4. The maximum atomic E-state index is 12.7. The molecule has 0 N–H and O–H groups in total. The molecule has 88 valence electrons. The number of ketones is 1. The van der Waals surface area contributed by atoms with Gasteiger partial charge in [0.2, 0.25) is 0 Å². The summed E-state index contributed by atoms with van der Waals surface area (Å²) in [5.74, 6) is -0.0931. The zero-order chi connectivity index (χ0) is 12.3. The average molecular weight is 223 g/mol. The van der Waals surface area contributed by atoms with Crippen LogP contribution in [0.2, 0.25) is 0 Å². The Bertz CT molecular complexity index is 370. The standard InChI is InChI=1S/C13H18FNO/c1-10(16)13(2,3)9-15(4)12-7-5-11(14)6-8-12/h5-8H,9H2,1-4H3. The van der Waals surface area contributed by atoms with Gasteiger partial charge in [-0.2, -0.15) is 0 Å². The molecule has 0 amide bonds. The molecule has 0 saturated carbocycles. The van der Waals surface area contributed by atoms with Crippen molar-refractivity contribution in [1.82, 2.24) is 0 Å². The molecule has 0 heterocycles. The van der Waals surface area contributed by atoms with Gasteiger partial charge < -0.3 is 4.90 Å². The van der Waals surface area contributed by atoms with Crippen LogP contribution in [0.5, 0.6) is 0 Å². The van der Waals surface area contributed by atoms with Crippen LogP contribution in [0.3, 0.4) is 0 Å². The van der Waals surface area contributed by atoms with Crippen molar-refractivity contribution >= 4 is 11.5 Å². The number of anilines is 1. The Hall–Kier alpha value is -1.38. The second-order valence-corrected chi connectivity index (χ2v) is 4.77. The molecule has 1 rings (SSSR count). The molecular formula is C13H18FNO. The molecule has 0 unspecified atom stereocenters. The largest absolute Gasteiger partial charge is 0.374 e. The number of hydrogen-bond acceptors (Lipinski definition) is 2. The Morgan fingerprint density at radius 1 is 1.31 bits per heavy atom. The van der Waals surface area contributed by atoms with E-state index >= 15 is 0 Å². The van der Waals surface area contributed by atoms with E-state index in [1.807, 2.05) is 25.8 Å². The topological polar surface area (TPSA) is 20.3 Å². The van der Waals surface area contributed by atoms with Crippen LogP contribution < -0.4 is 4.90 Å². The van der Waals surface area contributed by atoms with Crippen molar-refractivity contribution in [3.05, 3.63) is 30.1 Å². The zero-order valence-electron chi connectivity index (χ0n) is 10.2. The lowest BCUT2D eigenvalue weighted by atomic mass is 9.88. The monoisotopic (exact) mass is 223 g/mol. The Balaban J connectivity index is 2.76. The smallest absolute Gasteiger partial charge is 0.137 e. The van der Waals surface area contributed by atoms with E-state index in [2.05, 4.69) is 0 Å². The molecule has 0 fully saturated rings. The van der Waals surface area contributed by atoms with Crippen LogP contribution in [-0.4, -0.2) is 19.4 Å². The van der Waals surface area contributed by atoms with Gasteiger partial charge in [-0.05, 0) is 31.2 Å². The van der Waals surface area contributed by atoms with E-state index in [1.54, 1.807) is 19.1 Å². The second-order valence-electron chi connectivity index (χ2n) is 4.77. The van der Waals surface area contributed by atoms with E-state index in [9.17, 15) is 9.18 Å². The van der Waals surface area contributed by atoms with Crippen LogP contribution in [0.25, 0.3) is 0 Å². The van der Waals surface area contributed by atoms with Crippen molar-refractivity contribution in [1.29, 1.82) is 0 Å². The zero-order valence-corrected chi connectivity index (χ0v) is 10.2. The first-order chi connectivity index (χ1) is 7.33. The number of carbonyl (C=O) groups is 1. The lowest BCUT2D eigenvalue weighted by Gasteiger charge is -2.29. The highest BCUT2D eigenvalue weighted by Crippen LogP contribution is 2.22. The Labute approximate surface area is 96.1 Å². The minimum Gasteiger partial charge on any atom is -0.374 e. The summed E-state index contributed by atoms with van der Waals surface area (Å²) in [6, 6.07) is 6.27. The highest BCUT2D eigenvalue weighted by atomic mass is 19.1. The van der Waals surface area contributed by atoms with Crippen molar-refractivity contribution in [2.45, 2.75) is 20.8 Å². The SMILES string of the molecule is CC(=O)C(C)(C)CN(C)c1ccc(F)cc1. The molecule has 1 aromatic rings. The fourth-order valence-electron chi connectivity index (χ4n) is 1.49. The van der Waals surface area contributed by atoms with Gasteiger partial charge in [0.1, 0.15) is 11.6 Å². The maximum absolute atomic E-state index is 12.7. The molecule has 0 radical (unpaired) electrons. The van der Waals surface area contributed by atoms with Crippen molar-refractivity contribution in [2.24, 2.45) is 5.41 Å². The molecule has 0 spiro atoms. The van der Waals surface area contributed by atoms with Crippen molar-refractivity contribution < 1.29 is 9.18 Å². The Kier molecular flexibility index (Phi) is 3.68. The van der Waals surface area contributed by atoms with Crippen LogP contribution in [0.4, 0.5) is 10.1 Å². The lowest BCUT2D eigenvalue weighted by Crippen LogP contribution is -2.36. The fourth-order valence-corrected chi connectivity index (χ4v) is 1.49. The van der Waals surface area contributed by atoms with Gasteiger partial charge in [-0.15, -0.1) is 0 Å². The highest BCUT2D eigenvalue weighted by molar-refractivity contribution is 5.82. The van der Waals surface area contributed by atoms with Gasteiger partial charge in [-0.25, -0.2) is 4.39 Å². The Morgan fingerprint density at radius 2 is 1.81 bits per heavy atom. The third kappa shape index (κ3) is 3.05. The molecule has 16 heavy (non-hydrogen) atoms. The predicted octanol–water partition coefficient (Wildman–Crippen LogP) is 2.88. The fraction of sp³-hybridized carbons (Fsp3) is 0.462. The van der Waals surface area contributed by atoms with Crippen LogP contribution in [0, 0.1) is 11.2 Å². The summed E-state index contributed by atoms with van der Waals surface area (Å²) in [6.45, 7) is 6.04. The summed E-state index contributed by atoms with van der Waals surface area (Å²) in [7, 11) is 1.90. The van der Waals surface area contributed by atoms with E-state index in [4.69, 9.17) is 0 Å². The lowest BCUT2D eigenvalue weighted by molar-refractivity contribution is -0.124. The molecule has 0 aromatic heterocycles. The number of carbonyl (C=O) groups excluding carboxylic acids is 1. The molecule has 0 saturated heterocycles. The average Bonchev–Trinajstić information content (AvgIpc) is 2.17. The van der Waals surface area contributed by atoms with E-state index in [-0.39, 0.29) is 17.0 Å². The first kappa shape index (κ1) is 12.7. The van der Waals surface area contributed by atoms with E-state index < -0.39 is 0 Å². The first-order valence-corrected chi connectivity index (χ1v) is 5.31. The minimum absolute atomic E-state index is 0.154. The molecule has 0 aliphatic carbocycles. The van der Waals surface area contributed by atoms with Gasteiger partial charge in [-0.1, -0.05) is 13.8 Å². The van der Waals surface area contributed by atoms with Gasteiger partial charge in [0, 0.05) is 24.7 Å². The van der Waals surface area contributed by atoms with Crippen LogP contribution >= 0.6 is 0 Å². The molecular weight excluding hydrogens is 205 g/mol. The number of nitrogens with zero attached hydrogens (tertiary/aromatic N) is 1. The number of benzene rings is 1. The maximum Gasteiger partial charge on any atom is 0.137 e. The van der Waals surface area contributed by atoms with E-state index in [0.29, 0.717) is 6.54 Å². The van der Waals surface area contributed by atoms with E-state index in [0.717, 1.165) is 5.69 Å². The highest BCUT2D eigenvalue weighted by Gasteiger charge is 2.25. The number of hydrogen-bond donors (Lipinski definition) is 0. The second kappa shape index (κ2) is 4.64. The third-order valence-electron chi connectivity index (χ3n) is 2.85. The van der Waals surface area contributed by atoms with Crippen molar-refractivity contribution in [2.75, 3.05) is 18.5 Å². The summed E-state index contributed by atoms with van der Waals surface area (Å²) in [5, 5.41) is 0. The van der Waals surface area contributed by atoms with Gasteiger partial charge in [-0.3, -0.25) is 4.79 Å². The summed E-state index contributed by atoms with van der Waals surface area (Å²) >= 11 is 0. The molecule has 3 heteroatoms. The quantitative estimate of drug-likeness (QED) is 0.782. The Morgan fingerprint density at radius 3 is 2.25 bits per heavy atom. The summed E-state index contributed by atoms with van der Waals surface area (Å²) < 4.78 is 12.7. The van der Waals surface area contributed by atoms with Crippen molar-refractivity contribution in [3.8, 4) is 0 Å². The molecule has 0 aliphatic heterocycles. The number of rotatable bonds is 4. The summed E-state index contributed by atoms with van der Waals surface area (Å²) in [5.41, 5.74) is 0.527. The minimum atomic E-state index is -0.386. The van der Waals surface area contributed by atoms with Crippen LogP contribution in [-0.2, 0) is 4.79 Å². The number of Topliss-reactive ketones (excluding diaryl/α,β-unsaturated/α-hetero) is 1. The van der Waals surface area contributed by atoms with Gasteiger partial charge in [0.05, 0.1) is 0 Å². The molecule has 1 aromatic carbocycles. The summed E-state index contributed by atoms with van der Waals surface area (Å²) in [6.07, 6.45) is 0. The van der Waals surface area contributed by atoms with Crippen LogP contribution in [0.1, 0.15) is 20.8 Å². The molecule has 0 aliphatic rings. The third-order valence-corrected chi connectivity index (χ3v) is 2.85. The van der Waals surface area contributed by atoms with Gasteiger partial charge in [0.15, 0.2) is 0 Å². The number of halogens is 1.